The van der Waals surface area contributed by atoms with E-state index in [1.165, 1.54) is 11.3 Å². The number of pyridine rings is 1. The lowest BCUT2D eigenvalue weighted by Crippen LogP contribution is -2.48. The average Bonchev–Trinajstić information content (AvgIpc) is 2.63. The number of carbonyl (C=O) groups is 1. The topological polar surface area (TPSA) is 37.7 Å². The molecule has 4 nitrogen and oxygen atoms in total. The fraction of sp³-hybridized carbons (Fsp3) is 0.333. The number of H-pyrrole nitrogens is 1. The first-order chi connectivity index (χ1) is 11.3. The molecule has 1 N–H and O–H groups in total. The second-order valence-corrected chi connectivity index (χ2v) is 6.53. The molecule has 2 aromatic rings. The van der Waals surface area contributed by atoms with E-state index in [-0.39, 0.29) is 5.91 Å². The molecule has 0 atom stereocenters. The Balaban J connectivity index is 1.59. The fourth-order valence-corrected chi connectivity index (χ4v) is 3.38. The van der Waals surface area contributed by atoms with E-state index in [4.69, 9.17) is 0 Å². The predicted octanol–water partition coefficient (Wildman–Crippen LogP) is 2.33. The molecule has 5 heteroatoms. The van der Waals surface area contributed by atoms with E-state index < -0.39 is 0 Å². The van der Waals surface area contributed by atoms with Gasteiger partial charge in [0.15, 0.2) is 12.4 Å². The number of nitrogens with one attached hydrogen (secondary N) is 1. The van der Waals surface area contributed by atoms with Crippen LogP contribution >= 0.6 is 11.8 Å². The van der Waals surface area contributed by atoms with E-state index in [0.717, 1.165) is 37.5 Å². The lowest BCUT2D eigenvalue weighted by molar-refractivity contribution is -0.377. The maximum atomic E-state index is 12.6. The molecule has 0 radical (unpaired) electrons. The number of nitrogens with zero attached hydrogens (tertiary/aromatic N) is 2. The molecule has 0 spiro atoms. The zero-order valence-corrected chi connectivity index (χ0v) is 14.2. The van der Waals surface area contributed by atoms with Gasteiger partial charge in [0.2, 0.25) is 0 Å². The largest absolute Gasteiger partial charge is 0.368 e. The number of anilines is 1. The molecular weight excluding hydrogens is 306 g/mol. The average molecular weight is 328 g/mol. The first-order valence-corrected chi connectivity index (χ1v) is 9.25. The number of hydrogen-bond acceptors (Lipinski definition) is 3. The highest BCUT2D eigenvalue weighted by atomic mass is 32.2. The maximum Gasteiger partial charge on any atom is 0.253 e. The highest BCUT2D eigenvalue weighted by Crippen LogP contribution is 2.16. The Kier molecular flexibility index (Phi) is 5.18. The third-order valence-corrected chi connectivity index (χ3v) is 4.77. The molecular formula is C18H22N3OS+. The third-order valence-electron chi connectivity index (χ3n) is 4.14. The van der Waals surface area contributed by atoms with Crippen molar-refractivity contribution in [2.24, 2.45) is 0 Å². The first-order valence-electron chi connectivity index (χ1n) is 7.86. The lowest BCUT2D eigenvalue weighted by atomic mass is 10.1. The van der Waals surface area contributed by atoms with Crippen molar-refractivity contribution in [2.45, 2.75) is 5.75 Å². The summed E-state index contributed by atoms with van der Waals surface area (Å²) in [5.41, 5.74) is 3.26. The molecule has 1 aromatic heterocycles. The van der Waals surface area contributed by atoms with Gasteiger partial charge in [-0.25, -0.2) is 4.98 Å². The minimum Gasteiger partial charge on any atom is -0.368 e. The van der Waals surface area contributed by atoms with Crippen molar-refractivity contribution in [3.63, 3.8) is 0 Å². The first kappa shape index (κ1) is 15.9. The van der Waals surface area contributed by atoms with Crippen LogP contribution in [0.1, 0.15) is 15.9 Å². The van der Waals surface area contributed by atoms with E-state index >= 15 is 0 Å². The number of rotatable bonds is 4. The Morgan fingerprint density at radius 1 is 1.04 bits per heavy atom. The standard InChI is InChI=1S/C18H21N3OS/c1-23-14-15-2-4-16(5-3-15)18(22)21-12-10-20(11-13-21)17-6-8-19-9-7-17/h2-9H,10-14H2,1H3/p+1. The summed E-state index contributed by atoms with van der Waals surface area (Å²) in [5, 5.41) is 0. The molecule has 1 aromatic carbocycles. The second kappa shape index (κ2) is 7.51. The van der Waals surface area contributed by atoms with Crippen LogP contribution in [0, 0.1) is 0 Å². The van der Waals surface area contributed by atoms with Crippen LogP contribution in [-0.2, 0) is 5.75 Å². The summed E-state index contributed by atoms with van der Waals surface area (Å²) in [5.74, 6) is 1.13. The smallest absolute Gasteiger partial charge is 0.253 e. The van der Waals surface area contributed by atoms with Gasteiger partial charge < -0.3 is 9.80 Å². The van der Waals surface area contributed by atoms with E-state index in [1.54, 1.807) is 11.8 Å². The number of aromatic nitrogens is 1. The lowest BCUT2D eigenvalue weighted by Gasteiger charge is -2.35. The van der Waals surface area contributed by atoms with Crippen LogP contribution in [-0.4, -0.2) is 43.2 Å². The summed E-state index contributed by atoms with van der Waals surface area (Å²) in [6, 6.07) is 12.2. The van der Waals surface area contributed by atoms with E-state index in [1.807, 2.05) is 29.4 Å². The molecule has 2 heterocycles. The SMILES string of the molecule is CSCc1ccc(C(=O)N2CCN(c3cc[nH+]cc3)CC2)cc1. The molecule has 1 amide bonds. The van der Waals surface area contributed by atoms with Crippen molar-refractivity contribution < 1.29 is 9.78 Å². The Morgan fingerprint density at radius 2 is 1.70 bits per heavy atom. The van der Waals surface area contributed by atoms with Gasteiger partial charge in [-0.3, -0.25) is 4.79 Å². The van der Waals surface area contributed by atoms with Gasteiger partial charge in [0.1, 0.15) is 0 Å². The zero-order valence-electron chi connectivity index (χ0n) is 13.4. The molecule has 0 unspecified atom stereocenters. The monoisotopic (exact) mass is 328 g/mol. The van der Waals surface area contributed by atoms with Crippen LogP contribution in [0.5, 0.6) is 0 Å². The molecule has 1 aliphatic rings. The van der Waals surface area contributed by atoms with Gasteiger partial charge in [-0.15, -0.1) is 0 Å². The summed E-state index contributed by atoms with van der Waals surface area (Å²) in [6.45, 7) is 3.29. The highest BCUT2D eigenvalue weighted by Gasteiger charge is 2.22. The molecule has 120 valence electrons. The van der Waals surface area contributed by atoms with Crippen LogP contribution < -0.4 is 9.88 Å². The minimum absolute atomic E-state index is 0.141. The van der Waals surface area contributed by atoms with E-state index in [2.05, 4.69) is 40.4 Å². The Labute approximate surface area is 141 Å². The molecule has 0 bridgehead atoms. The van der Waals surface area contributed by atoms with Gasteiger partial charge >= 0.3 is 0 Å². The predicted molar refractivity (Wildman–Crippen MR) is 94.8 cm³/mol. The highest BCUT2D eigenvalue weighted by molar-refractivity contribution is 7.97. The van der Waals surface area contributed by atoms with Gasteiger partial charge in [-0.05, 0) is 24.0 Å². The fourth-order valence-electron chi connectivity index (χ4n) is 2.85. The second-order valence-electron chi connectivity index (χ2n) is 5.67. The summed E-state index contributed by atoms with van der Waals surface area (Å²) in [7, 11) is 0. The van der Waals surface area contributed by atoms with Gasteiger partial charge in [0, 0.05) is 55.3 Å². The molecule has 1 fully saturated rings. The van der Waals surface area contributed by atoms with Crippen molar-refractivity contribution in [1.29, 1.82) is 0 Å². The number of aromatic amines is 1. The molecule has 23 heavy (non-hydrogen) atoms. The van der Waals surface area contributed by atoms with E-state index in [9.17, 15) is 4.79 Å². The van der Waals surface area contributed by atoms with Crippen molar-refractivity contribution in [3.05, 3.63) is 59.9 Å². The number of piperazine rings is 1. The number of benzene rings is 1. The molecule has 0 saturated carbocycles. The Hall–Kier alpha value is -2.01. The quantitative estimate of drug-likeness (QED) is 0.864. The zero-order chi connectivity index (χ0) is 16.1. The minimum atomic E-state index is 0.141. The van der Waals surface area contributed by atoms with Crippen molar-refractivity contribution >= 4 is 23.4 Å². The van der Waals surface area contributed by atoms with Gasteiger partial charge in [0.05, 0.1) is 0 Å². The number of amides is 1. The van der Waals surface area contributed by atoms with Crippen LogP contribution in [0.25, 0.3) is 0 Å². The number of carbonyl (C=O) groups excluding carboxylic acids is 1. The molecule has 1 aliphatic heterocycles. The van der Waals surface area contributed by atoms with Crippen molar-refractivity contribution in [2.75, 3.05) is 37.3 Å². The Bertz CT molecular complexity index is 637. The van der Waals surface area contributed by atoms with Crippen molar-refractivity contribution in [3.8, 4) is 0 Å². The van der Waals surface area contributed by atoms with Gasteiger partial charge in [-0.1, -0.05) is 12.1 Å². The van der Waals surface area contributed by atoms with Gasteiger partial charge in [0.25, 0.3) is 5.91 Å². The maximum absolute atomic E-state index is 12.6. The van der Waals surface area contributed by atoms with Crippen molar-refractivity contribution in [1.82, 2.24) is 4.90 Å². The van der Waals surface area contributed by atoms with Crippen LogP contribution in [0.3, 0.4) is 0 Å². The van der Waals surface area contributed by atoms with Crippen LogP contribution in [0.4, 0.5) is 5.69 Å². The molecule has 3 rings (SSSR count). The van der Waals surface area contributed by atoms with Crippen LogP contribution in [0.2, 0.25) is 0 Å². The normalized spacial score (nSPS) is 14.8. The Morgan fingerprint density at radius 3 is 2.30 bits per heavy atom. The third kappa shape index (κ3) is 3.85. The van der Waals surface area contributed by atoms with Crippen LogP contribution in [0.15, 0.2) is 48.8 Å². The summed E-state index contributed by atoms with van der Waals surface area (Å²) < 4.78 is 0. The summed E-state index contributed by atoms with van der Waals surface area (Å²) >= 11 is 1.79. The van der Waals surface area contributed by atoms with Gasteiger partial charge in [-0.2, -0.15) is 11.8 Å². The molecule has 1 saturated heterocycles. The number of hydrogen-bond donors (Lipinski definition) is 0. The summed E-state index contributed by atoms with van der Waals surface area (Å²) in [4.78, 5) is 19.9. The molecule has 0 aliphatic carbocycles. The van der Waals surface area contributed by atoms with E-state index in [0.29, 0.717) is 0 Å². The summed E-state index contributed by atoms with van der Waals surface area (Å²) in [6.07, 6.45) is 5.95. The number of thioether (sulfide) groups is 1.